The molecule has 0 aromatic rings. The summed E-state index contributed by atoms with van der Waals surface area (Å²) in [5.41, 5.74) is -1.54. The molecule has 208 valence electrons. The van der Waals surface area contributed by atoms with Gasteiger partial charge in [0.1, 0.15) is 11.2 Å². The lowest BCUT2D eigenvalue weighted by Crippen LogP contribution is -2.58. The minimum Gasteiger partial charge on any atom is -0.455 e. The topological polar surface area (TPSA) is 52.6 Å². The molecule has 2 aliphatic rings. The van der Waals surface area contributed by atoms with E-state index in [1.54, 1.807) is 0 Å². The van der Waals surface area contributed by atoms with Crippen LogP contribution in [0.3, 0.4) is 0 Å². The molecular formula is C32H56O4. The maximum absolute atomic E-state index is 13.2. The molecule has 36 heavy (non-hydrogen) atoms. The summed E-state index contributed by atoms with van der Waals surface area (Å²) in [6.07, 6.45) is 10.8. The molecule has 2 rings (SSSR count). The van der Waals surface area contributed by atoms with Gasteiger partial charge in [-0.2, -0.15) is 0 Å². The molecule has 0 N–H and O–H groups in total. The average molecular weight is 505 g/mol. The molecule has 2 aliphatic carbocycles. The zero-order chi connectivity index (χ0) is 27.8. The second-order valence-corrected chi connectivity index (χ2v) is 15.8. The van der Waals surface area contributed by atoms with Crippen LogP contribution in [0.15, 0.2) is 12.2 Å². The average Bonchev–Trinajstić information content (AvgIpc) is 2.70. The van der Waals surface area contributed by atoms with Gasteiger partial charge >= 0.3 is 11.9 Å². The molecule has 4 atom stereocenters. The van der Waals surface area contributed by atoms with Gasteiger partial charge in [-0.05, 0) is 49.4 Å². The molecule has 4 nitrogen and oxygen atoms in total. The van der Waals surface area contributed by atoms with Crippen molar-refractivity contribution < 1.29 is 19.1 Å². The minimum absolute atomic E-state index is 0.0126. The predicted octanol–water partition coefficient (Wildman–Crippen LogP) is 8.67. The fraction of sp³-hybridized carbons (Fsp3) is 0.875. The molecule has 4 unspecified atom stereocenters. The summed E-state index contributed by atoms with van der Waals surface area (Å²) in [6.45, 7) is 26.5. The Kier molecular flexibility index (Phi) is 8.97. The Morgan fingerprint density at radius 3 is 1.14 bits per heavy atom. The lowest BCUT2D eigenvalue weighted by Gasteiger charge is -2.55. The summed E-state index contributed by atoms with van der Waals surface area (Å²) in [5.74, 6) is -0.387. The third-order valence-corrected chi connectivity index (χ3v) is 9.26. The van der Waals surface area contributed by atoms with Crippen LogP contribution in [0.1, 0.15) is 134 Å². The minimum atomic E-state index is -0.567. The quantitative estimate of drug-likeness (QED) is 0.284. The van der Waals surface area contributed by atoms with Gasteiger partial charge in [0.25, 0.3) is 0 Å². The van der Waals surface area contributed by atoms with E-state index in [4.69, 9.17) is 9.47 Å². The molecule has 0 aliphatic heterocycles. The van der Waals surface area contributed by atoms with E-state index in [-0.39, 0.29) is 33.5 Å². The van der Waals surface area contributed by atoms with Crippen molar-refractivity contribution in [2.75, 3.05) is 0 Å². The molecule has 0 bridgehead atoms. The molecule has 0 amide bonds. The van der Waals surface area contributed by atoms with Crippen molar-refractivity contribution in [3.63, 3.8) is 0 Å². The van der Waals surface area contributed by atoms with Gasteiger partial charge in [0.2, 0.25) is 0 Å². The van der Waals surface area contributed by atoms with E-state index in [1.807, 2.05) is 0 Å². The summed E-state index contributed by atoms with van der Waals surface area (Å²) in [4.78, 5) is 26.4. The first-order valence-electron chi connectivity index (χ1n) is 14.3. The van der Waals surface area contributed by atoms with E-state index in [0.29, 0.717) is 0 Å². The number of ether oxygens (including phenoxy) is 2. The van der Waals surface area contributed by atoms with Crippen molar-refractivity contribution >= 4 is 11.9 Å². The smallest absolute Gasteiger partial charge is 0.331 e. The van der Waals surface area contributed by atoms with Crippen LogP contribution in [0.2, 0.25) is 0 Å². The third-order valence-electron chi connectivity index (χ3n) is 9.26. The zero-order valence-electron chi connectivity index (χ0n) is 25.6. The Hall–Kier alpha value is -1.32. The Balaban J connectivity index is 2.29. The van der Waals surface area contributed by atoms with E-state index < -0.39 is 23.1 Å². The van der Waals surface area contributed by atoms with Gasteiger partial charge in [0.05, 0.1) is 0 Å². The standard InChI is InChI=1S/C32H56O4/c1-27(2,3)23-17-13-15-21-31(23,29(7,8)9)35-25(33)19-20-26(34)36-32(30(10,11)12)22-16-14-18-24(32)28(4,5)6/h19-20,23-24H,13-18,21-22H2,1-12H3/b20-19-. The van der Waals surface area contributed by atoms with Gasteiger partial charge in [-0.15, -0.1) is 0 Å². The fourth-order valence-electron chi connectivity index (χ4n) is 7.46. The molecule has 0 spiro atoms. The second kappa shape index (κ2) is 10.4. The number of hydrogen-bond donors (Lipinski definition) is 0. The van der Waals surface area contributed by atoms with Crippen LogP contribution >= 0.6 is 0 Å². The third kappa shape index (κ3) is 6.38. The molecule has 0 radical (unpaired) electrons. The van der Waals surface area contributed by atoms with E-state index in [0.717, 1.165) is 51.4 Å². The molecule has 0 saturated heterocycles. The summed E-state index contributed by atoms with van der Waals surface area (Å²) < 4.78 is 12.7. The molecule has 0 aromatic carbocycles. The second-order valence-electron chi connectivity index (χ2n) is 15.8. The highest BCUT2D eigenvalue weighted by Crippen LogP contribution is 2.55. The van der Waals surface area contributed by atoms with Crippen LogP contribution in [0, 0.1) is 33.5 Å². The van der Waals surface area contributed by atoms with Crippen LogP contribution in [-0.2, 0) is 19.1 Å². The first kappa shape index (κ1) is 30.9. The van der Waals surface area contributed by atoms with E-state index in [1.165, 1.54) is 12.2 Å². The SMILES string of the molecule is CC(C)(C)C1CCCCC1(OC(=O)/C=C\C(=O)OC1(C(C)(C)C)CCCCC1C(C)(C)C)C(C)(C)C. The van der Waals surface area contributed by atoms with Gasteiger partial charge in [-0.3, -0.25) is 0 Å². The molecular weight excluding hydrogens is 448 g/mol. The number of carbonyl (C=O) groups is 2. The van der Waals surface area contributed by atoms with Gasteiger partial charge in [-0.25, -0.2) is 9.59 Å². The molecule has 0 aromatic heterocycles. The molecule has 2 saturated carbocycles. The monoisotopic (exact) mass is 504 g/mol. The van der Waals surface area contributed by atoms with Crippen molar-refractivity contribution in [1.82, 2.24) is 0 Å². The highest BCUT2D eigenvalue weighted by atomic mass is 16.6. The number of rotatable bonds is 4. The largest absolute Gasteiger partial charge is 0.455 e. The van der Waals surface area contributed by atoms with Crippen molar-refractivity contribution in [1.29, 1.82) is 0 Å². The van der Waals surface area contributed by atoms with E-state index in [9.17, 15) is 9.59 Å². The van der Waals surface area contributed by atoms with Gasteiger partial charge in [-0.1, -0.05) is 95.9 Å². The maximum Gasteiger partial charge on any atom is 0.331 e. The lowest BCUT2D eigenvalue weighted by atomic mass is 9.55. The van der Waals surface area contributed by atoms with Crippen molar-refractivity contribution in [3.8, 4) is 0 Å². The van der Waals surface area contributed by atoms with Crippen LogP contribution in [0.4, 0.5) is 0 Å². The summed E-state index contributed by atoms with van der Waals surface area (Å²) >= 11 is 0. The van der Waals surface area contributed by atoms with Crippen molar-refractivity contribution in [2.45, 2.75) is 146 Å². The zero-order valence-corrected chi connectivity index (χ0v) is 25.6. The molecule has 0 heterocycles. The Morgan fingerprint density at radius 1 is 0.583 bits per heavy atom. The van der Waals surface area contributed by atoms with Crippen LogP contribution < -0.4 is 0 Å². The van der Waals surface area contributed by atoms with E-state index in [2.05, 4.69) is 83.1 Å². The normalized spacial score (nSPS) is 30.8. The first-order valence-corrected chi connectivity index (χ1v) is 14.3. The van der Waals surface area contributed by atoms with Gasteiger partial charge in [0, 0.05) is 34.8 Å². The molecule has 4 heteroatoms. The molecule has 2 fully saturated rings. The number of esters is 2. The first-order chi connectivity index (χ1) is 16.2. The number of carbonyl (C=O) groups excluding carboxylic acids is 2. The Bertz CT molecular complexity index is 743. The van der Waals surface area contributed by atoms with Crippen molar-refractivity contribution in [2.24, 2.45) is 33.5 Å². The summed E-state index contributed by atoms with van der Waals surface area (Å²) in [5, 5.41) is 0. The van der Waals surface area contributed by atoms with Gasteiger partial charge < -0.3 is 9.47 Å². The predicted molar refractivity (Wildman–Crippen MR) is 149 cm³/mol. The van der Waals surface area contributed by atoms with Crippen LogP contribution in [0.5, 0.6) is 0 Å². The highest BCUT2D eigenvalue weighted by molar-refractivity contribution is 5.92. The number of hydrogen-bond acceptors (Lipinski definition) is 4. The van der Waals surface area contributed by atoms with Gasteiger partial charge in [0.15, 0.2) is 0 Å². The Labute approximate surface area is 222 Å². The fourth-order valence-corrected chi connectivity index (χ4v) is 7.46. The van der Waals surface area contributed by atoms with Crippen LogP contribution in [-0.4, -0.2) is 23.1 Å². The van der Waals surface area contributed by atoms with Crippen molar-refractivity contribution in [3.05, 3.63) is 12.2 Å². The highest BCUT2D eigenvalue weighted by Gasteiger charge is 2.57. The van der Waals surface area contributed by atoms with E-state index >= 15 is 0 Å². The van der Waals surface area contributed by atoms with Crippen LogP contribution in [0.25, 0.3) is 0 Å². The maximum atomic E-state index is 13.2. The summed E-state index contributed by atoms with van der Waals surface area (Å²) in [7, 11) is 0. The Morgan fingerprint density at radius 2 is 0.889 bits per heavy atom. The summed E-state index contributed by atoms with van der Waals surface area (Å²) in [6, 6.07) is 0. The lowest BCUT2D eigenvalue weighted by molar-refractivity contribution is -0.202.